The number of halogens is 1. The molecular formula is C16H23Br. The molecule has 0 radical (unpaired) electrons. The van der Waals surface area contributed by atoms with Gasteiger partial charge in [-0.2, -0.15) is 0 Å². The van der Waals surface area contributed by atoms with E-state index in [1.807, 2.05) is 0 Å². The lowest BCUT2D eigenvalue weighted by Gasteiger charge is -2.11. The van der Waals surface area contributed by atoms with E-state index in [0.29, 0.717) is 0 Å². The van der Waals surface area contributed by atoms with Crippen LogP contribution >= 0.6 is 15.9 Å². The molecule has 1 aromatic rings. The summed E-state index contributed by atoms with van der Waals surface area (Å²) in [7, 11) is 0. The van der Waals surface area contributed by atoms with Gasteiger partial charge in [0, 0.05) is 4.48 Å². The van der Waals surface area contributed by atoms with Gasteiger partial charge in [0.25, 0.3) is 0 Å². The summed E-state index contributed by atoms with van der Waals surface area (Å²) in [6, 6.07) is 10.6. The molecule has 0 aliphatic rings. The van der Waals surface area contributed by atoms with Crippen molar-refractivity contribution >= 4 is 20.4 Å². The average Bonchev–Trinajstić information content (AvgIpc) is 2.39. The predicted molar refractivity (Wildman–Crippen MR) is 81.3 cm³/mol. The van der Waals surface area contributed by atoms with Crippen molar-refractivity contribution in [3.8, 4) is 0 Å². The number of hydrogen-bond donors (Lipinski definition) is 0. The summed E-state index contributed by atoms with van der Waals surface area (Å²) >= 11 is 3.79. The van der Waals surface area contributed by atoms with Crippen molar-refractivity contribution in [2.45, 2.75) is 52.4 Å². The number of allylic oxidation sites excluding steroid dienone is 1. The van der Waals surface area contributed by atoms with Gasteiger partial charge in [0.2, 0.25) is 0 Å². The second kappa shape index (κ2) is 8.52. The van der Waals surface area contributed by atoms with Gasteiger partial charge >= 0.3 is 0 Å². The molecule has 1 aromatic carbocycles. The maximum atomic E-state index is 3.79. The third-order valence-electron chi connectivity index (χ3n) is 3.00. The monoisotopic (exact) mass is 294 g/mol. The second-order valence-electron chi connectivity index (χ2n) is 4.49. The SMILES string of the molecule is CCCCC(CCCC)=C(Br)c1ccccc1. The van der Waals surface area contributed by atoms with Crippen molar-refractivity contribution in [2.24, 2.45) is 0 Å². The Morgan fingerprint density at radius 2 is 1.47 bits per heavy atom. The van der Waals surface area contributed by atoms with E-state index in [2.05, 4.69) is 60.1 Å². The fourth-order valence-electron chi connectivity index (χ4n) is 1.91. The van der Waals surface area contributed by atoms with E-state index in [9.17, 15) is 0 Å². The molecule has 0 saturated heterocycles. The summed E-state index contributed by atoms with van der Waals surface area (Å²) in [6.45, 7) is 4.52. The Bertz CT molecular complexity index is 328. The molecule has 0 aromatic heterocycles. The summed E-state index contributed by atoms with van der Waals surface area (Å²) in [6.07, 6.45) is 7.58. The highest BCUT2D eigenvalue weighted by Gasteiger charge is 2.05. The molecule has 0 heterocycles. The maximum Gasteiger partial charge on any atom is 0.0239 e. The zero-order valence-corrected chi connectivity index (χ0v) is 12.6. The van der Waals surface area contributed by atoms with E-state index in [0.717, 1.165) is 0 Å². The van der Waals surface area contributed by atoms with E-state index in [1.54, 1.807) is 5.57 Å². The molecular weight excluding hydrogens is 272 g/mol. The van der Waals surface area contributed by atoms with Crippen LogP contribution in [-0.2, 0) is 0 Å². The smallest absolute Gasteiger partial charge is 0.0239 e. The van der Waals surface area contributed by atoms with Crippen molar-refractivity contribution in [3.63, 3.8) is 0 Å². The zero-order valence-electron chi connectivity index (χ0n) is 11.0. The highest BCUT2D eigenvalue weighted by molar-refractivity contribution is 9.15. The summed E-state index contributed by atoms with van der Waals surface area (Å²) in [4.78, 5) is 0. The Hall–Kier alpha value is -0.560. The van der Waals surface area contributed by atoms with E-state index in [4.69, 9.17) is 0 Å². The third-order valence-corrected chi connectivity index (χ3v) is 4.02. The van der Waals surface area contributed by atoms with Gasteiger partial charge in [-0.25, -0.2) is 0 Å². The predicted octanol–water partition coefficient (Wildman–Crippen LogP) is 6.17. The van der Waals surface area contributed by atoms with Crippen LogP contribution in [0.15, 0.2) is 35.9 Å². The van der Waals surface area contributed by atoms with E-state index < -0.39 is 0 Å². The molecule has 0 unspecified atom stereocenters. The second-order valence-corrected chi connectivity index (χ2v) is 5.28. The van der Waals surface area contributed by atoms with E-state index in [-0.39, 0.29) is 0 Å². The lowest BCUT2D eigenvalue weighted by Crippen LogP contribution is -1.89. The van der Waals surface area contributed by atoms with Crippen LogP contribution in [0, 0.1) is 0 Å². The first-order valence-corrected chi connectivity index (χ1v) is 7.51. The lowest BCUT2D eigenvalue weighted by atomic mass is 10.00. The summed E-state index contributed by atoms with van der Waals surface area (Å²) in [5.74, 6) is 0. The summed E-state index contributed by atoms with van der Waals surface area (Å²) in [5.41, 5.74) is 2.90. The number of benzene rings is 1. The topological polar surface area (TPSA) is 0 Å². The molecule has 94 valence electrons. The van der Waals surface area contributed by atoms with Crippen LogP contribution in [0.25, 0.3) is 4.48 Å². The number of hydrogen-bond acceptors (Lipinski definition) is 0. The van der Waals surface area contributed by atoms with E-state index >= 15 is 0 Å². The molecule has 0 atom stereocenters. The first-order valence-electron chi connectivity index (χ1n) is 6.72. The van der Waals surface area contributed by atoms with E-state index in [1.165, 1.54) is 48.6 Å². The minimum Gasteiger partial charge on any atom is -0.0654 e. The van der Waals surface area contributed by atoms with Crippen LogP contribution in [0.3, 0.4) is 0 Å². The van der Waals surface area contributed by atoms with Gasteiger partial charge in [-0.3, -0.25) is 0 Å². The molecule has 1 rings (SSSR count). The minimum atomic E-state index is 1.23. The molecule has 0 bridgehead atoms. The minimum absolute atomic E-state index is 1.23. The fourth-order valence-corrected chi connectivity index (χ4v) is 2.57. The lowest BCUT2D eigenvalue weighted by molar-refractivity contribution is 0.716. The third kappa shape index (κ3) is 5.08. The molecule has 0 saturated carbocycles. The maximum absolute atomic E-state index is 3.79. The van der Waals surface area contributed by atoms with Gasteiger partial charge in [0.05, 0.1) is 0 Å². The van der Waals surface area contributed by atoms with Crippen LogP contribution in [0.4, 0.5) is 0 Å². The molecule has 0 aliphatic heterocycles. The molecule has 0 spiro atoms. The molecule has 0 N–H and O–H groups in total. The molecule has 17 heavy (non-hydrogen) atoms. The summed E-state index contributed by atoms with van der Waals surface area (Å²) < 4.78 is 1.32. The first-order chi connectivity index (χ1) is 8.29. The van der Waals surface area contributed by atoms with Gasteiger partial charge in [0.1, 0.15) is 0 Å². The van der Waals surface area contributed by atoms with Crippen LogP contribution in [0.5, 0.6) is 0 Å². The van der Waals surface area contributed by atoms with Gasteiger partial charge in [-0.05, 0) is 31.2 Å². The van der Waals surface area contributed by atoms with Crippen molar-refractivity contribution < 1.29 is 0 Å². The van der Waals surface area contributed by atoms with Gasteiger partial charge in [-0.15, -0.1) is 0 Å². The van der Waals surface area contributed by atoms with Gasteiger partial charge in [0.15, 0.2) is 0 Å². The van der Waals surface area contributed by atoms with Crippen LogP contribution in [-0.4, -0.2) is 0 Å². The highest BCUT2D eigenvalue weighted by atomic mass is 79.9. The molecule has 0 fully saturated rings. The van der Waals surface area contributed by atoms with Crippen molar-refractivity contribution in [1.82, 2.24) is 0 Å². The Kier molecular flexibility index (Phi) is 7.27. The normalized spacial score (nSPS) is 10.3. The summed E-state index contributed by atoms with van der Waals surface area (Å²) in [5, 5.41) is 0. The standard InChI is InChI=1S/C16H23Br/c1-3-5-10-14(11-6-4-2)16(17)15-12-8-7-9-13-15/h7-9,12-13H,3-6,10-11H2,1-2H3. The van der Waals surface area contributed by atoms with Crippen molar-refractivity contribution in [2.75, 3.05) is 0 Å². The number of rotatable bonds is 7. The molecule has 0 nitrogen and oxygen atoms in total. The Labute approximate surface area is 114 Å². The average molecular weight is 295 g/mol. The molecule has 0 amide bonds. The molecule has 1 heteroatoms. The van der Waals surface area contributed by atoms with Gasteiger partial charge < -0.3 is 0 Å². The quantitative estimate of drug-likeness (QED) is 0.564. The van der Waals surface area contributed by atoms with Crippen molar-refractivity contribution in [1.29, 1.82) is 0 Å². The first kappa shape index (κ1) is 14.5. The van der Waals surface area contributed by atoms with Crippen LogP contribution in [0.2, 0.25) is 0 Å². The van der Waals surface area contributed by atoms with Crippen LogP contribution in [0.1, 0.15) is 57.9 Å². The van der Waals surface area contributed by atoms with Crippen molar-refractivity contribution in [3.05, 3.63) is 41.5 Å². The highest BCUT2D eigenvalue weighted by Crippen LogP contribution is 2.30. The zero-order chi connectivity index (χ0) is 12.5. The Balaban J connectivity index is 2.83. The Morgan fingerprint density at radius 3 is 1.94 bits per heavy atom. The van der Waals surface area contributed by atoms with Crippen LogP contribution < -0.4 is 0 Å². The Morgan fingerprint density at radius 1 is 0.941 bits per heavy atom. The molecule has 0 aliphatic carbocycles. The number of unbranched alkanes of at least 4 members (excludes halogenated alkanes) is 2. The van der Waals surface area contributed by atoms with Gasteiger partial charge in [-0.1, -0.05) is 78.5 Å². The largest absolute Gasteiger partial charge is 0.0654 e. The fraction of sp³-hybridized carbons (Fsp3) is 0.500.